The molecule has 0 saturated heterocycles. The summed E-state index contributed by atoms with van der Waals surface area (Å²) in [7, 11) is 0. The second-order valence-corrected chi connectivity index (χ2v) is 3.65. The number of fused-ring (bicyclic) bond motifs is 1. The number of hydrogen-bond donors (Lipinski definition) is 0. The Morgan fingerprint density at radius 2 is 2.00 bits per heavy atom. The quantitative estimate of drug-likeness (QED) is 0.679. The molecule has 0 spiro atoms. The predicted octanol–water partition coefficient (Wildman–Crippen LogP) is 2.88. The first kappa shape index (κ1) is 10.4. The Morgan fingerprint density at radius 3 is 2.75 bits per heavy atom. The minimum absolute atomic E-state index is 0.0732. The molecule has 0 radical (unpaired) electrons. The van der Waals surface area contributed by atoms with E-state index in [0.717, 1.165) is 16.9 Å². The van der Waals surface area contributed by atoms with Crippen molar-refractivity contribution in [2.24, 2.45) is 0 Å². The molecule has 1 aromatic carbocycles. The van der Waals surface area contributed by atoms with Gasteiger partial charge in [0.25, 0.3) is 0 Å². The minimum atomic E-state index is -0.0732. The van der Waals surface area contributed by atoms with Crippen molar-refractivity contribution in [3.8, 4) is 30.4 Å². The van der Waals surface area contributed by atoms with E-state index in [1.165, 1.54) is 0 Å². The molecule has 1 aliphatic rings. The molecule has 0 saturated carbocycles. The standard InChI is InChI=1S/C15H12O/c1-3-7-12-11-13-9-5-6-10-15(13)16-14(12)8-4-2/h1-2,5-6,9-11,14H,7-8H2. The maximum atomic E-state index is 5.83. The molecular formula is C15H12O. The lowest BCUT2D eigenvalue weighted by Gasteiger charge is -2.25. The van der Waals surface area contributed by atoms with E-state index in [2.05, 4.69) is 17.9 Å². The van der Waals surface area contributed by atoms with Crippen molar-refractivity contribution in [2.75, 3.05) is 0 Å². The number of terminal acetylenes is 2. The van der Waals surface area contributed by atoms with Gasteiger partial charge in [0.15, 0.2) is 0 Å². The molecule has 0 aromatic heterocycles. The summed E-state index contributed by atoms with van der Waals surface area (Å²) in [5, 5.41) is 0. The van der Waals surface area contributed by atoms with Crippen LogP contribution in [0.3, 0.4) is 0 Å². The molecule has 1 atom stereocenters. The third-order valence-corrected chi connectivity index (χ3v) is 2.55. The molecule has 16 heavy (non-hydrogen) atoms. The predicted molar refractivity (Wildman–Crippen MR) is 65.7 cm³/mol. The van der Waals surface area contributed by atoms with E-state index >= 15 is 0 Å². The zero-order valence-electron chi connectivity index (χ0n) is 8.94. The van der Waals surface area contributed by atoms with Gasteiger partial charge in [-0.25, -0.2) is 0 Å². The van der Waals surface area contributed by atoms with Crippen LogP contribution < -0.4 is 4.74 Å². The summed E-state index contributed by atoms with van der Waals surface area (Å²) in [6.45, 7) is 0. The van der Waals surface area contributed by atoms with Crippen LogP contribution in [0.15, 0.2) is 29.8 Å². The third kappa shape index (κ3) is 1.95. The fraction of sp³-hybridized carbons (Fsp3) is 0.200. The zero-order valence-corrected chi connectivity index (χ0v) is 8.94. The number of hydrogen-bond acceptors (Lipinski definition) is 1. The smallest absolute Gasteiger partial charge is 0.132 e. The molecular weight excluding hydrogens is 196 g/mol. The monoisotopic (exact) mass is 208 g/mol. The molecule has 2 rings (SSSR count). The van der Waals surface area contributed by atoms with Gasteiger partial charge in [0.2, 0.25) is 0 Å². The lowest BCUT2D eigenvalue weighted by molar-refractivity contribution is 0.237. The van der Waals surface area contributed by atoms with Gasteiger partial charge in [-0.1, -0.05) is 18.2 Å². The highest BCUT2D eigenvalue weighted by Gasteiger charge is 2.20. The van der Waals surface area contributed by atoms with Crippen LogP contribution in [0, 0.1) is 24.7 Å². The topological polar surface area (TPSA) is 9.23 Å². The van der Waals surface area contributed by atoms with E-state index in [-0.39, 0.29) is 6.10 Å². The summed E-state index contributed by atoms with van der Waals surface area (Å²) >= 11 is 0. The molecule has 1 nitrogen and oxygen atoms in total. The first-order chi connectivity index (χ1) is 7.85. The summed E-state index contributed by atoms with van der Waals surface area (Å²) in [6, 6.07) is 7.89. The summed E-state index contributed by atoms with van der Waals surface area (Å²) < 4.78 is 5.83. The lowest BCUT2D eigenvalue weighted by Crippen LogP contribution is -2.22. The Bertz CT molecular complexity index is 497. The Kier molecular flexibility index (Phi) is 2.99. The van der Waals surface area contributed by atoms with Crippen molar-refractivity contribution in [3.63, 3.8) is 0 Å². The molecule has 1 aliphatic heterocycles. The number of ether oxygens (including phenoxy) is 1. The van der Waals surface area contributed by atoms with Gasteiger partial charge in [-0.15, -0.1) is 24.7 Å². The average Bonchev–Trinajstić information content (AvgIpc) is 2.30. The van der Waals surface area contributed by atoms with Crippen LogP contribution in [0.1, 0.15) is 18.4 Å². The van der Waals surface area contributed by atoms with Gasteiger partial charge in [-0.3, -0.25) is 0 Å². The highest BCUT2D eigenvalue weighted by Crippen LogP contribution is 2.31. The van der Waals surface area contributed by atoms with Crippen molar-refractivity contribution in [1.82, 2.24) is 0 Å². The first-order valence-electron chi connectivity index (χ1n) is 5.18. The van der Waals surface area contributed by atoms with Crippen molar-refractivity contribution in [2.45, 2.75) is 18.9 Å². The second kappa shape index (κ2) is 4.60. The fourth-order valence-electron chi connectivity index (χ4n) is 1.79. The van der Waals surface area contributed by atoms with Gasteiger partial charge in [-0.2, -0.15) is 0 Å². The summed E-state index contributed by atoms with van der Waals surface area (Å²) in [5.41, 5.74) is 2.15. The molecule has 78 valence electrons. The molecule has 0 fully saturated rings. The maximum absolute atomic E-state index is 5.83. The molecule has 0 amide bonds. The van der Waals surface area contributed by atoms with Crippen LogP contribution in [0.25, 0.3) is 6.08 Å². The Hall–Kier alpha value is -2.12. The van der Waals surface area contributed by atoms with Crippen molar-refractivity contribution < 1.29 is 4.74 Å². The molecule has 1 aromatic rings. The SMILES string of the molecule is C#CCC1=Cc2ccccc2OC1CC#C. The number of benzene rings is 1. The molecule has 1 heteroatoms. The van der Waals surface area contributed by atoms with Crippen molar-refractivity contribution >= 4 is 6.08 Å². The largest absolute Gasteiger partial charge is 0.484 e. The summed E-state index contributed by atoms with van der Waals surface area (Å²) in [4.78, 5) is 0. The van der Waals surface area contributed by atoms with Crippen molar-refractivity contribution in [3.05, 3.63) is 35.4 Å². The van der Waals surface area contributed by atoms with E-state index < -0.39 is 0 Å². The lowest BCUT2D eigenvalue weighted by atomic mass is 9.97. The maximum Gasteiger partial charge on any atom is 0.132 e. The number of rotatable bonds is 2. The van der Waals surface area contributed by atoms with Crippen LogP contribution in [-0.4, -0.2) is 6.10 Å². The molecule has 1 heterocycles. The third-order valence-electron chi connectivity index (χ3n) is 2.55. The first-order valence-corrected chi connectivity index (χ1v) is 5.18. The normalized spacial score (nSPS) is 17.4. The van der Waals surface area contributed by atoms with E-state index in [4.69, 9.17) is 17.6 Å². The van der Waals surface area contributed by atoms with E-state index in [9.17, 15) is 0 Å². The molecule has 0 bridgehead atoms. The highest BCUT2D eigenvalue weighted by molar-refractivity contribution is 5.63. The van der Waals surface area contributed by atoms with Crippen LogP contribution in [0.2, 0.25) is 0 Å². The Labute approximate surface area is 96.1 Å². The Morgan fingerprint density at radius 1 is 1.19 bits per heavy atom. The van der Waals surface area contributed by atoms with E-state index in [0.29, 0.717) is 12.8 Å². The number of para-hydroxylation sites is 1. The Balaban J connectivity index is 2.36. The van der Waals surface area contributed by atoms with Crippen LogP contribution in [0.5, 0.6) is 5.75 Å². The van der Waals surface area contributed by atoms with Gasteiger partial charge < -0.3 is 4.74 Å². The zero-order chi connectivity index (χ0) is 11.4. The van der Waals surface area contributed by atoms with Crippen LogP contribution in [-0.2, 0) is 0 Å². The second-order valence-electron chi connectivity index (χ2n) is 3.65. The molecule has 0 aliphatic carbocycles. The van der Waals surface area contributed by atoms with Crippen LogP contribution in [0.4, 0.5) is 0 Å². The van der Waals surface area contributed by atoms with E-state index in [1.807, 2.05) is 24.3 Å². The van der Waals surface area contributed by atoms with Gasteiger partial charge in [0, 0.05) is 18.4 Å². The van der Waals surface area contributed by atoms with Crippen molar-refractivity contribution in [1.29, 1.82) is 0 Å². The van der Waals surface area contributed by atoms with Gasteiger partial charge >= 0.3 is 0 Å². The molecule has 1 unspecified atom stereocenters. The average molecular weight is 208 g/mol. The van der Waals surface area contributed by atoms with E-state index in [1.54, 1.807) is 0 Å². The summed E-state index contributed by atoms with van der Waals surface area (Å²) in [5.74, 6) is 6.14. The summed E-state index contributed by atoms with van der Waals surface area (Å²) in [6.07, 6.45) is 13.8. The molecule has 0 N–H and O–H groups in total. The van der Waals surface area contributed by atoms with Gasteiger partial charge in [-0.05, 0) is 17.7 Å². The fourth-order valence-corrected chi connectivity index (χ4v) is 1.79. The van der Waals surface area contributed by atoms with Crippen LogP contribution >= 0.6 is 0 Å². The van der Waals surface area contributed by atoms with Gasteiger partial charge in [0.05, 0.1) is 0 Å². The minimum Gasteiger partial charge on any atom is -0.484 e. The van der Waals surface area contributed by atoms with Gasteiger partial charge in [0.1, 0.15) is 11.9 Å². The highest BCUT2D eigenvalue weighted by atomic mass is 16.5.